The fourth-order valence-electron chi connectivity index (χ4n) is 1.76. The highest BCUT2D eigenvalue weighted by atomic mass is 14.9. The van der Waals surface area contributed by atoms with Crippen LogP contribution in [0, 0.1) is 0 Å². The predicted octanol–water partition coefficient (Wildman–Crippen LogP) is 3.09. The van der Waals surface area contributed by atoms with E-state index in [1.165, 1.54) is 11.1 Å². The minimum absolute atomic E-state index is 0.406. The maximum absolute atomic E-state index is 3.79. The zero-order valence-electron chi connectivity index (χ0n) is 9.09. The van der Waals surface area contributed by atoms with E-state index >= 15 is 0 Å². The number of rotatable bonds is 5. The monoisotopic (exact) mass is 189 g/mol. The maximum atomic E-state index is 3.79. The Labute approximate surface area is 86.8 Å². The summed E-state index contributed by atoms with van der Waals surface area (Å²) in [6, 6.07) is 9.00. The highest BCUT2D eigenvalue weighted by molar-refractivity contribution is 5.30. The van der Waals surface area contributed by atoms with Gasteiger partial charge < -0.3 is 5.32 Å². The summed E-state index contributed by atoms with van der Waals surface area (Å²) in [6.45, 7) is 5.98. The molecule has 76 valence electrons. The summed E-state index contributed by atoms with van der Waals surface area (Å²) in [4.78, 5) is 0. The van der Waals surface area contributed by atoms with Crippen LogP contribution in [0.2, 0.25) is 0 Å². The summed E-state index contributed by atoms with van der Waals surface area (Å²) in [6.07, 6.45) is 4.03. The second-order valence-electron chi connectivity index (χ2n) is 3.42. The van der Waals surface area contributed by atoms with Crippen LogP contribution in [0.25, 0.3) is 0 Å². The molecule has 0 spiro atoms. The van der Waals surface area contributed by atoms with E-state index in [2.05, 4.69) is 43.1 Å². The molecule has 0 amide bonds. The molecule has 0 saturated heterocycles. The third kappa shape index (κ3) is 2.46. The molecule has 1 aromatic rings. The molecule has 14 heavy (non-hydrogen) atoms. The Kier molecular flexibility index (Phi) is 4.41. The van der Waals surface area contributed by atoms with Crippen molar-refractivity contribution in [3.05, 3.63) is 48.0 Å². The van der Waals surface area contributed by atoms with Crippen LogP contribution in [-0.2, 0) is 6.42 Å². The standard InChI is InChI=1S/C13H19N/c1-4-8-13(14-3)12-10-7-6-9-11(12)5-2/h4,6-7,9-10,13-14H,1,5,8H2,2-3H3. The number of hydrogen-bond donors (Lipinski definition) is 1. The van der Waals surface area contributed by atoms with Crippen molar-refractivity contribution in [2.75, 3.05) is 7.05 Å². The molecule has 0 aliphatic carbocycles. The van der Waals surface area contributed by atoms with Crippen LogP contribution in [0.3, 0.4) is 0 Å². The Morgan fingerprint density at radius 1 is 1.43 bits per heavy atom. The first-order valence-electron chi connectivity index (χ1n) is 5.19. The van der Waals surface area contributed by atoms with Gasteiger partial charge in [0, 0.05) is 6.04 Å². The summed E-state index contributed by atoms with van der Waals surface area (Å²) in [7, 11) is 2.00. The van der Waals surface area contributed by atoms with Gasteiger partial charge in [0.2, 0.25) is 0 Å². The van der Waals surface area contributed by atoms with Crippen molar-refractivity contribution < 1.29 is 0 Å². The quantitative estimate of drug-likeness (QED) is 0.702. The summed E-state index contributed by atoms with van der Waals surface area (Å²) in [5.74, 6) is 0. The molecule has 1 aromatic carbocycles. The number of hydrogen-bond acceptors (Lipinski definition) is 1. The van der Waals surface area contributed by atoms with E-state index in [0.717, 1.165) is 12.8 Å². The zero-order valence-corrected chi connectivity index (χ0v) is 9.09. The predicted molar refractivity (Wildman–Crippen MR) is 62.4 cm³/mol. The molecule has 1 rings (SSSR count). The Hall–Kier alpha value is -1.08. The van der Waals surface area contributed by atoms with Crippen LogP contribution in [0.15, 0.2) is 36.9 Å². The molecule has 0 aliphatic rings. The lowest BCUT2D eigenvalue weighted by Gasteiger charge is -2.17. The molecular weight excluding hydrogens is 170 g/mol. The van der Waals surface area contributed by atoms with E-state index in [1.54, 1.807) is 0 Å². The summed E-state index contributed by atoms with van der Waals surface area (Å²) >= 11 is 0. The molecule has 0 bridgehead atoms. The second-order valence-corrected chi connectivity index (χ2v) is 3.42. The van der Waals surface area contributed by atoms with Gasteiger partial charge in [0.05, 0.1) is 0 Å². The molecule has 0 aliphatic heterocycles. The third-order valence-electron chi connectivity index (χ3n) is 2.56. The van der Waals surface area contributed by atoms with E-state index in [0.29, 0.717) is 6.04 Å². The first kappa shape index (κ1) is 11.0. The number of aryl methyl sites for hydroxylation is 1. The molecule has 1 atom stereocenters. The van der Waals surface area contributed by atoms with Crippen molar-refractivity contribution in [2.45, 2.75) is 25.8 Å². The average molecular weight is 189 g/mol. The van der Waals surface area contributed by atoms with Gasteiger partial charge in [-0.25, -0.2) is 0 Å². The van der Waals surface area contributed by atoms with Crippen LogP contribution in [0.5, 0.6) is 0 Å². The van der Waals surface area contributed by atoms with Crippen LogP contribution < -0.4 is 5.32 Å². The molecule has 1 heteroatoms. The van der Waals surface area contributed by atoms with Gasteiger partial charge in [-0.1, -0.05) is 37.3 Å². The highest BCUT2D eigenvalue weighted by Gasteiger charge is 2.09. The minimum Gasteiger partial charge on any atom is -0.313 e. The lowest BCUT2D eigenvalue weighted by atomic mass is 9.97. The third-order valence-corrected chi connectivity index (χ3v) is 2.56. The fourth-order valence-corrected chi connectivity index (χ4v) is 1.76. The van der Waals surface area contributed by atoms with Crippen molar-refractivity contribution in [2.24, 2.45) is 0 Å². The summed E-state index contributed by atoms with van der Waals surface area (Å²) < 4.78 is 0. The molecule has 1 unspecified atom stereocenters. The molecule has 0 heterocycles. The highest BCUT2D eigenvalue weighted by Crippen LogP contribution is 2.21. The normalized spacial score (nSPS) is 12.4. The molecule has 1 nitrogen and oxygen atoms in total. The van der Waals surface area contributed by atoms with Gasteiger partial charge in [0.1, 0.15) is 0 Å². The van der Waals surface area contributed by atoms with E-state index in [4.69, 9.17) is 0 Å². The Morgan fingerprint density at radius 3 is 2.71 bits per heavy atom. The van der Waals surface area contributed by atoms with E-state index in [-0.39, 0.29) is 0 Å². The van der Waals surface area contributed by atoms with Gasteiger partial charge in [-0.15, -0.1) is 6.58 Å². The Bertz CT molecular complexity index is 291. The topological polar surface area (TPSA) is 12.0 Å². The first-order valence-corrected chi connectivity index (χ1v) is 5.19. The maximum Gasteiger partial charge on any atom is 0.0355 e. The van der Waals surface area contributed by atoms with Gasteiger partial charge in [0.15, 0.2) is 0 Å². The second kappa shape index (κ2) is 5.61. The van der Waals surface area contributed by atoms with E-state index < -0.39 is 0 Å². The van der Waals surface area contributed by atoms with Gasteiger partial charge in [-0.3, -0.25) is 0 Å². The van der Waals surface area contributed by atoms with Crippen molar-refractivity contribution in [1.29, 1.82) is 0 Å². The number of nitrogens with one attached hydrogen (secondary N) is 1. The van der Waals surface area contributed by atoms with Crippen LogP contribution >= 0.6 is 0 Å². The van der Waals surface area contributed by atoms with E-state index in [9.17, 15) is 0 Å². The van der Waals surface area contributed by atoms with Crippen molar-refractivity contribution >= 4 is 0 Å². The lowest BCUT2D eigenvalue weighted by Crippen LogP contribution is -2.17. The molecule has 0 aromatic heterocycles. The summed E-state index contributed by atoms with van der Waals surface area (Å²) in [5, 5.41) is 3.32. The van der Waals surface area contributed by atoms with Crippen molar-refractivity contribution in [1.82, 2.24) is 5.32 Å². The molecule has 0 fully saturated rings. The Balaban J connectivity index is 2.95. The average Bonchev–Trinajstić information content (AvgIpc) is 2.26. The summed E-state index contributed by atoms with van der Waals surface area (Å²) in [5.41, 5.74) is 2.83. The van der Waals surface area contributed by atoms with Crippen LogP contribution in [0.1, 0.15) is 30.5 Å². The smallest absolute Gasteiger partial charge is 0.0355 e. The lowest BCUT2D eigenvalue weighted by molar-refractivity contribution is 0.598. The van der Waals surface area contributed by atoms with Gasteiger partial charge >= 0.3 is 0 Å². The Morgan fingerprint density at radius 2 is 2.14 bits per heavy atom. The van der Waals surface area contributed by atoms with Crippen LogP contribution in [-0.4, -0.2) is 7.05 Å². The van der Waals surface area contributed by atoms with Gasteiger partial charge in [-0.05, 0) is 31.0 Å². The molecule has 0 saturated carbocycles. The van der Waals surface area contributed by atoms with E-state index in [1.807, 2.05) is 13.1 Å². The fraction of sp³-hybridized carbons (Fsp3) is 0.385. The number of benzene rings is 1. The SMILES string of the molecule is C=CCC(NC)c1ccccc1CC. The van der Waals surface area contributed by atoms with Gasteiger partial charge in [-0.2, -0.15) is 0 Å². The van der Waals surface area contributed by atoms with Crippen molar-refractivity contribution in [3.63, 3.8) is 0 Å². The first-order chi connectivity index (χ1) is 6.83. The van der Waals surface area contributed by atoms with Gasteiger partial charge in [0.25, 0.3) is 0 Å². The molecule has 1 N–H and O–H groups in total. The zero-order chi connectivity index (χ0) is 10.4. The van der Waals surface area contributed by atoms with Crippen LogP contribution in [0.4, 0.5) is 0 Å². The van der Waals surface area contributed by atoms with Crippen molar-refractivity contribution in [3.8, 4) is 0 Å². The largest absolute Gasteiger partial charge is 0.313 e. The molecule has 0 radical (unpaired) electrons. The minimum atomic E-state index is 0.406. The molecular formula is C13H19N.